The van der Waals surface area contributed by atoms with Crippen LogP contribution in [0.3, 0.4) is 0 Å². The maximum absolute atomic E-state index is 4.16. The Labute approximate surface area is 95.1 Å². The molecule has 1 spiro atoms. The lowest BCUT2D eigenvalue weighted by molar-refractivity contribution is 0.142. The summed E-state index contributed by atoms with van der Waals surface area (Å²) in [7, 11) is 0. The molecule has 2 aliphatic rings. The van der Waals surface area contributed by atoms with Crippen LogP contribution in [0.25, 0.3) is 0 Å². The average Bonchev–Trinajstić information content (AvgIpc) is 2.61. The van der Waals surface area contributed by atoms with E-state index in [9.17, 15) is 0 Å². The van der Waals surface area contributed by atoms with Crippen molar-refractivity contribution in [1.82, 2.24) is 0 Å². The quantitative estimate of drug-likeness (QED) is 0.427. The molecule has 0 aliphatic heterocycles. The SMILES string of the molecule is C=C(C)[C@H]1CC[C@]2(C1)[C+](C)CCC[C@H]2C. The molecule has 84 valence electrons. The third-order valence-electron chi connectivity index (χ3n) is 5.23. The highest BCUT2D eigenvalue weighted by molar-refractivity contribution is 5.16. The topological polar surface area (TPSA) is 0 Å². The first-order valence-electron chi connectivity index (χ1n) is 6.54. The summed E-state index contributed by atoms with van der Waals surface area (Å²) in [6.07, 6.45) is 8.46. The monoisotopic (exact) mass is 205 g/mol. The van der Waals surface area contributed by atoms with Crippen molar-refractivity contribution in [1.29, 1.82) is 0 Å². The van der Waals surface area contributed by atoms with Crippen molar-refractivity contribution >= 4 is 0 Å². The molecule has 0 aromatic heterocycles. The Morgan fingerprint density at radius 2 is 2.13 bits per heavy atom. The van der Waals surface area contributed by atoms with Gasteiger partial charge in [0, 0.05) is 12.3 Å². The molecule has 0 N–H and O–H groups in total. The van der Waals surface area contributed by atoms with Gasteiger partial charge in [0.1, 0.15) is 5.41 Å². The zero-order valence-electron chi connectivity index (χ0n) is 10.6. The Morgan fingerprint density at radius 1 is 1.40 bits per heavy atom. The predicted molar refractivity (Wildman–Crippen MR) is 66.5 cm³/mol. The van der Waals surface area contributed by atoms with Crippen LogP contribution < -0.4 is 0 Å². The summed E-state index contributed by atoms with van der Waals surface area (Å²) in [5.41, 5.74) is 2.01. The standard InChI is InChI=1S/C15H25/c1-11(2)14-8-9-15(10-14)12(3)6-5-7-13(15)4/h12,14H,1,5-10H2,2-4H3/q+1/t12-,14+,15-/m1/s1. The van der Waals surface area contributed by atoms with Crippen LogP contribution in [0.5, 0.6) is 0 Å². The highest BCUT2D eigenvalue weighted by Gasteiger charge is 2.55. The lowest BCUT2D eigenvalue weighted by Gasteiger charge is -2.37. The smallest absolute Gasteiger partial charge is 0.0999 e. The maximum Gasteiger partial charge on any atom is 0.113 e. The number of hydrogen-bond acceptors (Lipinski definition) is 0. The van der Waals surface area contributed by atoms with Gasteiger partial charge in [-0.15, -0.1) is 0 Å². The van der Waals surface area contributed by atoms with Gasteiger partial charge in [-0.05, 0) is 38.5 Å². The highest BCUT2D eigenvalue weighted by Crippen LogP contribution is 2.58. The van der Waals surface area contributed by atoms with E-state index in [-0.39, 0.29) is 0 Å². The fourth-order valence-corrected chi connectivity index (χ4v) is 3.95. The van der Waals surface area contributed by atoms with Gasteiger partial charge in [0.15, 0.2) is 0 Å². The van der Waals surface area contributed by atoms with E-state index in [2.05, 4.69) is 27.4 Å². The molecule has 0 nitrogen and oxygen atoms in total. The lowest BCUT2D eigenvalue weighted by atomic mass is 9.60. The normalized spacial score (nSPS) is 41.1. The van der Waals surface area contributed by atoms with E-state index < -0.39 is 0 Å². The summed E-state index contributed by atoms with van der Waals surface area (Å²) in [6.45, 7) is 11.3. The largest absolute Gasteiger partial charge is 0.113 e. The average molecular weight is 205 g/mol. The summed E-state index contributed by atoms with van der Waals surface area (Å²) in [5.74, 6) is 3.51. The second-order valence-corrected chi connectivity index (χ2v) is 6.02. The molecule has 3 atom stereocenters. The van der Waals surface area contributed by atoms with Gasteiger partial charge in [-0.3, -0.25) is 0 Å². The molecule has 0 saturated heterocycles. The Bertz CT molecular complexity index is 241. The van der Waals surface area contributed by atoms with Crippen molar-refractivity contribution in [3.8, 4) is 0 Å². The predicted octanol–water partition coefficient (Wildman–Crippen LogP) is 4.76. The molecule has 0 bridgehead atoms. The Balaban J connectivity index is 2.15. The minimum absolute atomic E-state index is 0.599. The van der Waals surface area contributed by atoms with Gasteiger partial charge < -0.3 is 0 Å². The summed E-state index contributed by atoms with van der Waals surface area (Å²) >= 11 is 0. The molecule has 0 heteroatoms. The molecule has 2 rings (SSSR count). The maximum atomic E-state index is 4.16. The van der Waals surface area contributed by atoms with Crippen molar-refractivity contribution < 1.29 is 0 Å². The Kier molecular flexibility index (Phi) is 2.87. The molecular weight excluding hydrogens is 180 g/mol. The van der Waals surface area contributed by atoms with E-state index in [1.807, 2.05) is 0 Å². The molecule has 2 aliphatic carbocycles. The highest BCUT2D eigenvalue weighted by atomic mass is 14.5. The molecule has 0 heterocycles. The Hall–Kier alpha value is -0.390. The van der Waals surface area contributed by atoms with E-state index >= 15 is 0 Å². The second kappa shape index (κ2) is 3.88. The molecule has 0 aromatic rings. The van der Waals surface area contributed by atoms with E-state index in [4.69, 9.17) is 0 Å². The van der Waals surface area contributed by atoms with Crippen molar-refractivity contribution in [3.05, 3.63) is 18.1 Å². The van der Waals surface area contributed by atoms with Gasteiger partial charge in [0.05, 0.1) is 19.3 Å². The first-order valence-corrected chi connectivity index (χ1v) is 6.54. The van der Waals surface area contributed by atoms with Gasteiger partial charge in [0.2, 0.25) is 0 Å². The van der Waals surface area contributed by atoms with Gasteiger partial charge in [0.25, 0.3) is 0 Å². The van der Waals surface area contributed by atoms with E-state index in [0.717, 1.165) is 11.8 Å². The molecule has 0 unspecified atom stereocenters. The molecule has 0 radical (unpaired) electrons. The fourth-order valence-electron chi connectivity index (χ4n) is 3.95. The minimum Gasteiger partial charge on any atom is -0.0999 e. The minimum atomic E-state index is 0.599. The molecule has 0 amide bonds. The zero-order valence-corrected chi connectivity index (χ0v) is 10.6. The van der Waals surface area contributed by atoms with Gasteiger partial charge in [-0.2, -0.15) is 0 Å². The summed E-state index contributed by atoms with van der Waals surface area (Å²) < 4.78 is 0. The van der Waals surface area contributed by atoms with E-state index in [1.165, 1.54) is 44.1 Å². The number of hydrogen-bond donors (Lipinski definition) is 0. The zero-order chi connectivity index (χ0) is 11.1. The lowest BCUT2D eigenvalue weighted by Crippen LogP contribution is -2.35. The summed E-state index contributed by atoms with van der Waals surface area (Å²) in [6, 6.07) is 0. The third-order valence-corrected chi connectivity index (χ3v) is 5.23. The van der Waals surface area contributed by atoms with E-state index in [0.29, 0.717) is 5.41 Å². The molecule has 0 aromatic carbocycles. The second-order valence-electron chi connectivity index (χ2n) is 6.02. The fraction of sp³-hybridized carbons (Fsp3) is 0.800. The summed E-state index contributed by atoms with van der Waals surface area (Å²) in [5, 5.41) is 0. The van der Waals surface area contributed by atoms with Crippen LogP contribution in [0.2, 0.25) is 0 Å². The van der Waals surface area contributed by atoms with Crippen molar-refractivity contribution in [2.75, 3.05) is 0 Å². The number of allylic oxidation sites excluding steroid dienone is 1. The van der Waals surface area contributed by atoms with Crippen LogP contribution in [-0.4, -0.2) is 0 Å². The van der Waals surface area contributed by atoms with Crippen LogP contribution in [0, 0.1) is 23.2 Å². The van der Waals surface area contributed by atoms with Crippen LogP contribution in [0.15, 0.2) is 12.2 Å². The van der Waals surface area contributed by atoms with E-state index in [1.54, 1.807) is 5.92 Å². The van der Waals surface area contributed by atoms with Crippen LogP contribution in [0.1, 0.15) is 59.3 Å². The van der Waals surface area contributed by atoms with Crippen molar-refractivity contribution in [2.24, 2.45) is 17.3 Å². The summed E-state index contributed by atoms with van der Waals surface area (Å²) in [4.78, 5) is 0. The molecular formula is C15H25+. The van der Waals surface area contributed by atoms with Crippen LogP contribution in [-0.2, 0) is 0 Å². The van der Waals surface area contributed by atoms with Crippen molar-refractivity contribution in [3.63, 3.8) is 0 Å². The Morgan fingerprint density at radius 3 is 2.67 bits per heavy atom. The number of rotatable bonds is 1. The van der Waals surface area contributed by atoms with Crippen LogP contribution >= 0.6 is 0 Å². The van der Waals surface area contributed by atoms with Crippen molar-refractivity contribution in [2.45, 2.75) is 59.3 Å². The first kappa shape index (κ1) is 11.1. The van der Waals surface area contributed by atoms with Crippen LogP contribution in [0.4, 0.5) is 0 Å². The van der Waals surface area contributed by atoms with Gasteiger partial charge in [-0.1, -0.05) is 19.1 Å². The molecule has 2 fully saturated rings. The van der Waals surface area contributed by atoms with Gasteiger partial charge in [-0.25, -0.2) is 0 Å². The van der Waals surface area contributed by atoms with Gasteiger partial charge >= 0.3 is 0 Å². The molecule has 2 saturated carbocycles. The first-order chi connectivity index (χ1) is 7.06. The molecule has 15 heavy (non-hydrogen) atoms. The third kappa shape index (κ3) is 1.73.